The monoisotopic (exact) mass is 408 g/mol. The van der Waals surface area contributed by atoms with Gasteiger partial charge < -0.3 is 35.1 Å². The first-order valence-electron chi connectivity index (χ1n) is 3.35. The predicted octanol–water partition coefficient (Wildman–Crippen LogP) is 4.83. The van der Waals surface area contributed by atoms with E-state index in [1.165, 1.54) is 5.92 Å². The molecule has 0 aliphatic rings. The Labute approximate surface area is 121 Å². The van der Waals surface area contributed by atoms with Crippen LogP contribution in [0.4, 0.5) is 0 Å². The van der Waals surface area contributed by atoms with Crippen molar-refractivity contribution >= 4 is 0 Å². The number of rotatable bonds is 0. The van der Waals surface area contributed by atoms with Crippen LogP contribution < -0.4 is 0 Å². The Bertz CT molecular complexity index is 47.1. The average molecular weight is 408 g/mol. The van der Waals surface area contributed by atoms with E-state index in [9.17, 15) is 0 Å². The molecular weight excluding hydrogens is 379 g/mol. The zero-order valence-electron chi connectivity index (χ0n) is 11.6. The molecule has 0 heterocycles. The van der Waals surface area contributed by atoms with Crippen LogP contribution >= 0.6 is 0 Å². The first-order chi connectivity index (χ1) is 3.73. The zero-order chi connectivity index (χ0) is 8.08. The maximum atomic E-state index is 3.77. The normalized spacial score (nSPS) is 6.86. The minimum Gasteiger partial charge on any atom is -0.358 e. The fraction of sp³-hybridized carbons (Fsp3) is 0.583. The molecule has 0 unspecified atom stereocenters. The van der Waals surface area contributed by atoms with Gasteiger partial charge in [0.25, 0.3) is 0 Å². The van der Waals surface area contributed by atoms with Crippen LogP contribution in [0.15, 0.2) is 0 Å². The number of hydrogen-bond acceptors (Lipinski definition) is 0. The Balaban J connectivity index is -0.0000000104. The summed E-state index contributed by atoms with van der Waals surface area (Å²) in [5.74, 6) is 1.42. The largest absolute Gasteiger partial charge is 2.00 e. The predicted molar refractivity (Wildman–Crippen MR) is 64.3 cm³/mol. The molecule has 0 aliphatic heterocycles. The van der Waals surface area contributed by atoms with Crippen LogP contribution in [0.2, 0.25) is 0 Å². The van der Waals surface area contributed by atoms with Gasteiger partial charge in [-0.1, -0.05) is 20.8 Å². The van der Waals surface area contributed by atoms with Crippen molar-refractivity contribution in [3.05, 3.63) is 35.1 Å². The maximum absolute atomic E-state index is 3.77. The molecule has 0 aromatic carbocycles. The third-order valence-corrected chi connectivity index (χ3v) is 0. The van der Waals surface area contributed by atoms with Gasteiger partial charge in [-0.2, -0.15) is 26.2 Å². The fourth-order valence-electron chi connectivity index (χ4n) is 0. The van der Waals surface area contributed by atoms with Gasteiger partial charge in [0.2, 0.25) is 0 Å². The molecule has 0 spiro atoms. The van der Waals surface area contributed by atoms with Gasteiger partial charge in [-0.25, -0.2) is 0 Å². The molecular formula is C12H29VW-3. The van der Waals surface area contributed by atoms with Crippen LogP contribution in [0, 0.1) is 40.5 Å². The van der Waals surface area contributed by atoms with Crippen molar-refractivity contribution in [3.8, 4) is 0 Å². The molecule has 0 saturated heterocycles. The molecule has 0 nitrogen and oxygen atoms in total. The van der Waals surface area contributed by atoms with Crippen molar-refractivity contribution in [1.29, 1.82) is 0 Å². The minimum absolute atomic E-state index is 0. The standard InChI is InChI=1S/C5H11.C4H9.3CH3.V.W/c1-5(2,3)4;1-4(2)3;;;;;/h1H2,2-4H3;1-3H3;3*1H3;;/q5*-1;;+2. The van der Waals surface area contributed by atoms with E-state index < -0.39 is 0 Å². The molecule has 0 aromatic rings. The summed E-state index contributed by atoms with van der Waals surface area (Å²) in [6, 6.07) is 0. The van der Waals surface area contributed by atoms with Crippen LogP contribution in [-0.4, -0.2) is 0 Å². The molecule has 0 amide bonds. The van der Waals surface area contributed by atoms with Gasteiger partial charge >= 0.3 is 21.1 Å². The molecule has 0 aromatic heterocycles. The second-order valence-electron chi connectivity index (χ2n) is 4.06. The molecule has 0 saturated carbocycles. The quantitative estimate of drug-likeness (QED) is 0.504. The van der Waals surface area contributed by atoms with Crippen LogP contribution in [0.5, 0.6) is 0 Å². The first kappa shape index (κ1) is 45.5. The summed E-state index contributed by atoms with van der Waals surface area (Å²) < 4.78 is 0. The Hall–Kier alpha value is 1.27. The summed E-state index contributed by atoms with van der Waals surface area (Å²) in [6.07, 6.45) is 0. The van der Waals surface area contributed by atoms with E-state index in [-0.39, 0.29) is 67.3 Å². The number of hydrogen-bond donors (Lipinski definition) is 0. The second-order valence-corrected chi connectivity index (χ2v) is 4.06. The van der Waals surface area contributed by atoms with Gasteiger partial charge in [0, 0.05) is 18.6 Å². The summed E-state index contributed by atoms with van der Waals surface area (Å²) in [6.45, 7) is 16.2. The van der Waals surface area contributed by atoms with E-state index in [0.29, 0.717) is 0 Å². The molecule has 0 rings (SSSR count). The van der Waals surface area contributed by atoms with E-state index in [2.05, 4.69) is 48.5 Å². The van der Waals surface area contributed by atoms with Gasteiger partial charge in [0.15, 0.2) is 0 Å². The van der Waals surface area contributed by atoms with E-state index in [4.69, 9.17) is 0 Å². The SMILES string of the molecule is C[C-](C)C.[CH2-]C(C)(C)C.[CH3-].[CH3-].[CH3-].[V].[W+2]. The van der Waals surface area contributed by atoms with E-state index in [1.807, 2.05) is 0 Å². The molecule has 14 heavy (non-hydrogen) atoms. The van der Waals surface area contributed by atoms with E-state index in [1.54, 1.807) is 0 Å². The van der Waals surface area contributed by atoms with Gasteiger partial charge in [-0.05, 0) is 0 Å². The molecule has 0 aliphatic carbocycles. The van der Waals surface area contributed by atoms with Crippen molar-refractivity contribution < 1.29 is 39.6 Å². The smallest absolute Gasteiger partial charge is 0.358 e. The molecule has 0 atom stereocenters. The second kappa shape index (κ2) is 23.8. The van der Waals surface area contributed by atoms with Crippen molar-refractivity contribution in [1.82, 2.24) is 0 Å². The van der Waals surface area contributed by atoms with Gasteiger partial charge in [0.05, 0.1) is 0 Å². The van der Waals surface area contributed by atoms with Crippen LogP contribution in [-0.2, 0) is 39.6 Å². The topological polar surface area (TPSA) is 0 Å². The van der Waals surface area contributed by atoms with Crippen molar-refractivity contribution in [2.24, 2.45) is 5.41 Å². The Morgan fingerprint density at radius 2 is 0.857 bits per heavy atom. The van der Waals surface area contributed by atoms with Crippen LogP contribution in [0.1, 0.15) is 41.5 Å². The summed E-state index contributed by atoms with van der Waals surface area (Å²) in [5, 5.41) is 0. The summed E-state index contributed by atoms with van der Waals surface area (Å²) in [4.78, 5) is 0. The Kier molecular flexibility index (Phi) is 77.4. The van der Waals surface area contributed by atoms with Crippen LogP contribution in [0.25, 0.3) is 0 Å². The van der Waals surface area contributed by atoms with Crippen LogP contribution in [0.3, 0.4) is 0 Å². The van der Waals surface area contributed by atoms with Gasteiger partial charge in [-0.15, -0.1) is 0 Å². The molecule has 0 fully saturated rings. The molecule has 1 radical (unpaired) electrons. The van der Waals surface area contributed by atoms with Crippen molar-refractivity contribution in [3.63, 3.8) is 0 Å². The molecule has 91 valence electrons. The third kappa shape index (κ3) is 1230. The van der Waals surface area contributed by atoms with Crippen molar-refractivity contribution in [2.75, 3.05) is 0 Å². The minimum atomic E-state index is 0. The molecule has 2 heteroatoms. The van der Waals surface area contributed by atoms with Crippen molar-refractivity contribution in [2.45, 2.75) is 41.5 Å². The zero-order valence-corrected chi connectivity index (χ0v) is 15.9. The Morgan fingerprint density at radius 1 is 0.857 bits per heavy atom. The third-order valence-electron chi connectivity index (χ3n) is 0. The van der Waals surface area contributed by atoms with Gasteiger partial charge in [0.1, 0.15) is 0 Å². The van der Waals surface area contributed by atoms with Gasteiger partial charge in [-0.3, -0.25) is 0 Å². The first-order valence-corrected chi connectivity index (χ1v) is 3.35. The Morgan fingerprint density at radius 3 is 0.857 bits per heavy atom. The summed E-state index contributed by atoms with van der Waals surface area (Å²) >= 11 is 0. The summed E-state index contributed by atoms with van der Waals surface area (Å²) in [5.41, 5.74) is 0.250. The maximum Gasteiger partial charge on any atom is 2.00 e. The van der Waals surface area contributed by atoms with E-state index in [0.717, 1.165) is 0 Å². The van der Waals surface area contributed by atoms with E-state index >= 15 is 0 Å². The fourth-order valence-corrected chi connectivity index (χ4v) is 0. The molecule has 0 bridgehead atoms. The summed E-state index contributed by atoms with van der Waals surface area (Å²) in [7, 11) is 0. The molecule has 0 N–H and O–H groups in total. The average Bonchev–Trinajstić information content (AvgIpc) is 1.19.